The molecular formula is C18H15F2N. The molecule has 3 heteroatoms. The van der Waals surface area contributed by atoms with E-state index in [9.17, 15) is 8.78 Å². The van der Waals surface area contributed by atoms with Crippen LogP contribution in [-0.4, -0.2) is 0 Å². The van der Waals surface area contributed by atoms with Crippen LogP contribution in [0.2, 0.25) is 0 Å². The lowest BCUT2D eigenvalue weighted by molar-refractivity contribution is 0.568. The third kappa shape index (κ3) is 3.26. The molecule has 0 saturated heterocycles. The first-order valence-electron chi connectivity index (χ1n) is 6.85. The molecule has 3 aromatic rings. The maximum absolute atomic E-state index is 13.5. The number of halogens is 2. The molecule has 3 aromatic carbocycles. The molecule has 0 fully saturated rings. The Balaban J connectivity index is 1.67. The van der Waals surface area contributed by atoms with E-state index in [1.807, 2.05) is 18.2 Å². The highest BCUT2D eigenvalue weighted by Gasteiger charge is 2.03. The van der Waals surface area contributed by atoms with Crippen LogP contribution in [0.25, 0.3) is 10.8 Å². The van der Waals surface area contributed by atoms with Crippen LogP contribution in [0.3, 0.4) is 0 Å². The average Bonchev–Trinajstić information content (AvgIpc) is 2.50. The average molecular weight is 283 g/mol. The molecule has 0 radical (unpaired) electrons. The van der Waals surface area contributed by atoms with E-state index < -0.39 is 5.82 Å². The van der Waals surface area contributed by atoms with Crippen molar-refractivity contribution in [3.8, 4) is 0 Å². The van der Waals surface area contributed by atoms with Gasteiger partial charge in [0.15, 0.2) is 0 Å². The molecule has 1 N–H and O–H groups in total. The summed E-state index contributed by atoms with van der Waals surface area (Å²) < 4.78 is 26.6. The zero-order valence-corrected chi connectivity index (χ0v) is 11.4. The second-order valence-corrected chi connectivity index (χ2v) is 5.02. The maximum atomic E-state index is 13.5. The molecule has 0 unspecified atom stereocenters. The number of fused-ring (bicyclic) bond motifs is 1. The number of benzene rings is 3. The van der Waals surface area contributed by atoms with Crippen LogP contribution in [0.1, 0.15) is 11.1 Å². The predicted molar refractivity (Wildman–Crippen MR) is 80.8 cm³/mol. The van der Waals surface area contributed by atoms with Crippen LogP contribution in [-0.2, 0) is 13.1 Å². The standard InChI is InChI=1S/C18H15F2N/c19-17-7-8-18(20)16(10-17)12-21-11-13-5-6-14-3-1-2-4-15(14)9-13/h1-10,21H,11-12H2. The molecule has 3 rings (SSSR count). The van der Waals surface area contributed by atoms with E-state index in [1.165, 1.54) is 16.8 Å². The fourth-order valence-corrected chi connectivity index (χ4v) is 2.37. The van der Waals surface area contributed by atoms with Gasteiger partial charge in [0, 0.05) is 18.7 Å². The van der Waals surface area contributed by atoms with Gasteiger partial charge in [-0.05, 0) is 40.6 Å². The lowest BCUT2D eigenvalue weighted by atomic mass is 10.1. The van der Waals surface area contributed by atoms with Gasteiger partial charge in [-0.1, -0.05) is 36.4 Å². The Morgan fingerprint density at radius 3 is 2.43 bits per heavy atom. The van der Waals surface area contributed by atoms with Gasteiger partial charge in [0.25, 0.3) is 0 Å². The molecule has 0 heterocycles. The summed E-state index contributed by atoms with van der Waals surface area (Å²) in [5, 5.41) is 5.51. The zero-order chi connectivity index (χ0) is 14.7. The summed E-state index contributed by atoms with van der Waals surface area (Å²) in [6.07, 6.45) is 0. The Hall–Kier alpha value is -2.26. The van der Waals surface area contributed by atoms with Gasteiger partial charge in [0.05, 0.1) is 0 Å². The van der Waals surface area contributed by atoms with Gasteiger partial charge in [-0.2, -0.15) is 0 Å². The molecule has 0 aliphatic carbocycles. The minimum absolute atomic E-state index is 0.302. The lowest BCUT2D eigenvalue weighted by Gasteiger charge is -2.07. The third-order valence-corrected chi connectivity index (χ3v) is 3.47. The van der Waals surface area contributed by atoms with Crippen molar-refractivity contribution in [2.45, 2.75) is 13.1 Å². The van der Waals surface area contributed by atoms with Crippen molar-refractivity contribution < 1.29 is 8.78 Å². The summed E-state index contributed by atoms with van der Waals surface area (Å²) in [6, 6.07) is 17.8. The summed E-state index contributed by atoms with van der Waals surface area (Å²) in [6.45, 7) is 0.914. The first-order valence-corrected chi connectivity index (χ1v) is 6.85. The van der Waals surface area contributed by atoms with E-state index in [4.69, 9.17) is 0 Å². The van der Waals surface area contributed by atoms with Crippen LogP contribution < -0.4 is 5.32 Å². The number of rotatable bonds is 4. The Bertz CT molecular complexity index is 768. The van der Waals surface area contributed by atoms with Crippen LogP contribution in [0.4, 0.5) is 8.78 Å². The van der Waals surface area contributed by atoms with Crippen molar-refractivity contribution in [3.63, 3.8) is 0 Å². The van der Waals surface area contributed by atoms with E-state index in [1.54, 1.807) is 0 Å². The molecule has 0 amide bonds. The summed E-state index contributed by atoms with van der Waals surface area (Å²) >= 11 is 0. The van der Waals surface area contributed by atoms with Crippen LogP contribution >= 0.6 is 0 Å². The van der Waals surface area contributed by atoms with Crippen molar-refractivity contribution in [3.05, 3.63) is 83.4 Å². The Morgan fingerprint density at radius 2 is 1.57 bits per heavy atom. The van der Waals surface area contributed by atoms with Crippen molar-refractivity contribution in [1.29, 1.82) is 0 Å². The van der Waals surface area contributed by atoms with E-state index in [0.717, 1.165) is 17.7 Å². The van der Waals surface area contributed by atoms with Gasteiger partial charge < -0.3 is 5.32 Å². The second-order valence-electron chi connectivity index (χ2n) is 5.02. The van der Waals surface area contributed by atoms with Gasteiger partial charge in [-0.25, -0.2) is 8.78 Å². The van der Waals surface area contributed by atoms with Crippen molar-refractivity contribution in [2.24, 2.45) is 0 Å². The van der Waals surface area contributed by atoms with E-state index in [2.05, 4.69) is 29.6 Å². The summed E-state index contributed by atoms with van der Waals surface area (Å²) in [4.78, 5) is 0. The van der Waals surface area contributed by atoms with Gasteiger partial charge in [0.1, 0.15) is 11.6 Å². The van der Waals surface area contributed by atoms with Gasteiger partial charge in [-0.3, -0.25) is 0 Å². The first-order chi connectivity index (χ1) is 10.2. The molecule has 0 spiro atoms. The molecule has 0 saturated carbocycles. The van der Waals surface area contributed by atoms with Gasteiger partial charge in [0.2, 0.25) is 0 Å². The molecule has 0 aliphatic heterocycles. The fourth-order valence-electron chi connectivity index (χ4n) is 2.37. The number of nitrogens with one attached hydrogen (secondary N) is 1. The number of hydrogen-bond donors (Lipinski definition) is 1. The minimum atomic E-state index is -0.418. The van der Waals surface area contributed by atoms with E-state index in [0.29, 0.717) is 18.7 Å². The highest BCUT2D eigenvalue weighted by atomic mass is 19.1. The van der Waals surface area contributed by atoms with E-state index in [-0.39, 0.29) is 5.82 Å². The van der Waals surface area contributed by atoms with Crippen LogP contribution in [0.15, 0.2) is 60.7 Å². The molecule has 21 heavy (non-hydrogen) atoms. The predicted octanol–water partition coefficient (Wildman–Crippen LogP) is 4.41. The van der Waals surface area contributed by atoms with Gasteiger partial charge >= 0.3 is 0 Å². The molecule has 0 atom stereocenters. The Labute approximate surface area is 122 Å². The number of hydrogen-bond acceptors (Lipinski definition) is 1. The van der Waals surface area contributed by atoms with Crippen molar-refractivity contribution >= 4 is 10.8 Å². The Morgan fingerprint density at radius 1 is 0.762 bits per heavy atom. The zero-order valence-electron chi connectivity index (χ0n) is 11.4. The second kappa shape index (κ2) is 6.02. The lowest BCUT2D eigenvalue weighted by Crippen LogP contribution is -2.13. The molecular weight excluding hydrogens is 268 g/mol. The highest BCUT2D eigenvalue weighted by Crippen LogP contribution is 2.16. The normalized spacial score (nSPS) is 11.0. The van der Waals surface area contributed by atoms with Crippen molar-refractivity contribution in [1.82, 2.24) is 5.32 Å². The molecule has 106 valence electrons. The van der Waals surface area contributed by atoms with E-state index >= 15 is 0 Å². The molecule has 0 aromatic heterocycles. The van der Waals surface area contributed by atoms with Gasteiger partial charge in [-0.15, -0.1) is 0 Å². The largest absolute Gasteiger partial charge is 0.309 e. The summed E-state index contributed by atoms with van der Waals surface area (Å²) in [5.74, 6) is -0.804. The summed E-state index contributed by atoms with van der Waals surface area (Å²) in [7, 11) is 0. The first kappa shape index (κ1) is 13.7. The van der Waals surface area contributed by atoms with Crippen LogP contribution in [0, 0.1) is 11.6 Å². The SMILES string of the molecule is Fc1ccc(F)c(CNCc2ccc3ccccc3c2)c1. The molecule has 1 nitrogen and oxygen atoms in total. The highest BCUT2D eigenvalue weighted by molar-refractivity contribution is 5.82. The Kier molecular flexibility index (Phi) is 3.93. The van der Waals surface area contributed by atoms with Crippen molar-refractivity contribution in [2.75, 3.05) is 0 Å². The fraction of sp³-hybridized carbons (Fsp3) is 0.111. The summed E-state index contributed by atoms with van der Waals surface area (Å²) in [5.41, 5.74) is 1.46. The van der Waals surface area contributed by atoms with Crippen LogP contribution in [0.5, 0.6) is 0 Å². The minimum Gasteiger partial charge on any atom is -0.309 e. The quantitative estimate of drug-likeness (QED) is 0.748. The third-order valence-electron chi connectivity index (χ3n) is 3.47. The smallest absolute Gasteiger partial charge is 0.127 e. The molecule has 0 aliphatic rings. The topological polar surface area (TPSA) is 12.0 Å². The molecule has 0 bridgehead atoms. The monoisotopic (exact) mass is 283 g/mol. The maximum Gasteiger partial charge on any atom is 0.127 e.